The second kappa shape index (κ2) is 16.3. The van der Waals surface area contributed by atoms with Gasteiger partial charge >= 0.3 is 5.97 Å². The van der Waals surface area contributed by atoms with Crippen LogP contribution in [0.15, 0.2) is 36.7 Å². The lowest BCUT2D eigenvalue weighted by Crippen LogP contribution is -2.31. The highest BCUT2D eigenvalue weighted by Crippen LogP contribution is 2.43. The fourth-order valence-electron chi connectivity index (χ4n) is 5.50. The van der Waals surface area contributed by atoms with Crippen LogP contribution >= 0.6 is 0 Å². The summed E-state index contributed by atoms with van der Waals surface area (Å²) in [4.78, 5) is 21.9. The number of rotatable bonds is 16. The van der Waals surface area contributed by atoms with E-state index in [9.17, 15) is 10.1 Å². The van der Waals surface area contributed by atoms with Crippen molar-refractivity contribution in [2.75, 3.05) is 0 Å². The molecule has 0 amide bonds. The molecule has 1 aromatic carbocycles. The number of carbonyl (C=O) groups is 1. The first kappa shape index (κ1) is 29.8. The number of nitriles is 1. The van der Waals surface area contributed by atoms with Gasteiger partial charge in [0, 0.05) is 18.0 Å². The second-order valence-corrected chi connectivity index (χ2v) is 11.2. The van der Waals surface area contributed by atoms with Crippen LogP contribution in [0.1, 0.15) is 122 Å². The second-order valence-electron chi connectivity index (χ2n) is 11.2. The van der Waals surface area contributed by atoms with Crippen molar-refractivity contribution in [3.05, 3.63) is 42.2 Å². The summed E-state index contributed by atoms with van der Waals surface area (Å²) in [5.41, 5.74) is 1.82. The highest BCUT2D eigenvalue weighted by atomic mass is 16.5. The maximum atomic E-state index is 12.8. The monoisotopic (exact) mass is 517 g/mol. The molecule has 0 unspecified atom stereocenters. The van der Waals surface area contributed by atoms with Gasteiger partial charge in [0.1, 0.15) is 5.75 Å². The molecule has 206 valence electrons. The molecular weight excluding hydrogens is 470 g/mol. The summed E-state index contributed by atoms with van der Waals surface area (Å²) in [6, 6.07) is 10.1. The quantitative estimate of drug-likeness (QED) is 0.126. The normalized spacial score (nSPS) is 19.1. The molecule has 1 fully saturated rings. The van der Waals surface area contributed by atoms with Crippen LogP contribution in [0.2, 0.25) is 0 Å². The fraction of sp³-hybridized carbons (Fsp3) is 0.636. The van der Waals surface area contributed by atoms with Gasteiger partial charge in [0.15, 0.2) is 5.82 Å². The summed E-state index contributed by atoms with van der Waals surface area (Å²) in [5, 5.41) is 9.89. The lowest BCUT2D eigenvalue weighted by molar-refractivity contribution is -0.140. The van der Waals surface area contributed by atoms with Crippen LogP contribution in [0.25, 0.3) is 11.4 Å². The zero-order valence-corrected chi connectivity index (χ0v) is 23.7. The number of carbonyl (C=O) groups excluding carboxylic acids is 1. The highest BCUT2D eigenvalue weighted by Gasteiger charge is 2.38. The van der Waals surface area contributed by atoms with Crippen molar-refractivity contribution < 1.29 is 9.53 Å². The van der Waals surface area contributed by atoms with Gasteiger partial charge in [0.25, 0.3) is 0 Å². The van der Waals surface area contributed by atoms with Crippen LogP contribution < -0.4 is 4.74 Å². The number of hydrogen-bond donors (Lipinski definition) is 0. The van der Waals surface area contributed by atoms with Gasteiger partial charge in [-0.25, -0.2) is 9.97 Å². The maximum Gasteiger partial charge on any atom is 0.314 e. The van der Waals surface area contributed by atoms with Crippen molar-refractivity contribution in [2.45, 2.75) is 123 Å². The maximum absolute atomic E-state index is 12.8. The van der Waals surface area contributed by atoms with Crippen LogP contribution in [-0.4, -0.2) is 15.9 Å². The molecule has 0 saturated heterocycles. The third-order valence-corrected chi connectivity index (χ3v) is 8.13. The number of aryl methyl sites for hydroxylation is 1. The van der Waals surface area contributed by atoms with E-state index < -0.39 is 0 Å². The molecule has 2 aromatic rings. The summed E-state index contributed by atoms with van der Waals surface area (Å²) in [6.45, 7) is 4.46. The van der Waals surface area contributed by atoms with Crippen LogP contribution in [0, 0.1) is 22.7 Å². The first-order valence-electron chi connectivity index (χ1n) is 15.1. The van der Waals surface area contributed by atoms with Crippen LogP contribution in [-0.2, 0) is 11.2 Å². The van der Waals surface area contributed by atoms with E-state index in [1.54, 1.807) is 0 Å². The number of ether oxygens (including phenoxy) is 1. The third kappa shape index (κ3) is 9.53. The fourth-order valence-corrected chi connectivity index (χ4v) is 5.50. The van der Waals surface area contributed by atoms with Crippen molar-refractivity contribution in [1.82, 2.24) is 9.97 Å². The molecule has 0 N–H and O–H groups in total. The van der Waals surface area contributed by atoms with E-state index in [-0.39, 0.29) is 17.3 Å². The summed E-state index contributed by atoms with van der Waals surface area (Å²) in [5.74, 6) is 0.926. The minimum absolute atomic E-state index is 0.126. The molecule has 0 aliphatic heterocycles. The van der Waals surface area contributed by atoms with Gasteiger partial charge in [-0.3, -0.25) is 4.79 Å². The Labute approximate surface area is 230 Å². The van der Waals surface area contributed by atoms with Crippen molar-refractivity contribution in [3.63, 3.8) is 0 Å². The van der Waals surface area contributed by atoms with Gasteiger partial charge in [-0.05, 0) is 74.8 Å². The van der Waals surface area contributed by atoms with Crippen molar-refractivity contribution >= 4 is 5.97 Å². The van der Waals surface area contributed by atoms with E-state index in [2.05, 4.69) is 29.9 Å². The molecular formula is C33H47N3O2. The number of nitrogens with zero attached hydrogens (tertiary/aromatic N) is 3. The molecule has 0 bridgehead atoms. The average Bonchev–Trinajstić information content (AvgIpc) is 2.96. The van der Waals surface area contributed by atoms with E-state index in [0.717, 1.165) is 50.5 Å². The number of unbranched alkanes of at least 4 members (excludes halogenated alkanes) is 9. The van der Waals surface area contributed by atoms with Gasteiger partial charge in [-0.2, -0.15) is 5.26 Å². The Morgan fingerprint density at radius 3 is 2.08 bits per heavy atom. The summed E-state index contributed by atoms with van der Waals surface area (Å²) >= 11 is 0. The Hall–Kier alpha value is -2.74. The standard InChI is InChI=1S/C33H47N3O2/c1-3-5-7-9-10-11-13-21-33(26-34)22-19-29(20-23-33)32(37)38-30-17-15-28(16-18-30)31-35-24-27(25-36-31)14-12-8-6-4-2/h15-18,24-25,29H,3-14,19-23H2,1-2H3. The lowest BCUT2D eigenvalue weighted by atomic mass is 9.69. The molecule has 0 radical (unpaired) electrons. The van der Waals surface area contributed by atoms with Gasteiger partial charge < -0.3 is 4.74 Å². The van der Waals surface area contributed by atoms with Gasteiger partial charge in [-0.15, -0.1) is 0 Å². The molecule has 38 heavy (non-hydrogen) atoms. The number of hydrogen-bond acceptors (Lipinski definition) is 5. The molecule has 1 heterocycles. The average molecular weight is 518 g/mol. The summed E-state index contributed by atoms with van der Waals surface area (Å²) in [7, 11) is 0. The molecule has 1 aromatic heterocycles. The lowest BCUT2D eigenvalue weighted by Gasteiger charge is -2.34. The van der Waals surface area contributed by atoms with E-state index in [1.807, 2.05) is 36.7 Å². The molecule has 0 atom stereocenters. The van der Waals surface area contributed by atoms with E-state index in [1.165, 1.54) is 69.8 Å². The van der Waals surface area contributed by atoms with E-state index in [0.29, 0.717) is 11.6 Å². The molecule has 5 nitrogen and oxygen atoms in total. The first-order chi connectivity index (χ1) is 18.6. The molecule has 1 saturated carbocycles. The Bertz CT molecular complexity index is 986. The summed E-state index contributed by atoms with van der Waals surface area (Å²) in [6.07, 6.45) is 22.6. The van der Waals surface area contributed by atoms with Crippen LogP contribution in [0.5, 0.6) is 5.75 Å². The Morgan fingerprint density at radius 1 is 0.895 bits per heavy atom. The van der Waals surface area contributed by atoms with E-state index in [4.69, 9.17) is 4.74 Å². The minimum Gasteiger partial charge on any atom is -0.426 e. The van der Waals surface area contributed by atoms with Crippen molar-refractivity contribution in [1.29, 1.82) is 5.26 Å². The highest BCUT2D eigenvalue weighted by molar-refractivity contribution is 5.75. The number of benzene rings is 1. The zero-order valence-electron chi connectivity index (χ0n) is 23.7. The Morgan fingerprint density at radius 2 is 1.47 bits per heavy atom. The number of esters is 1. The Balaban J connectivity index is 1.42. The molecule has 5 heteroatoms. The molecule has 1 aliphatic carbocycles. The zero-order chi connectivity index (χ0) is 27.1. The van der Waals surface area contributed by atoms with Gasteiger partial charge in [-0.1, -0.05) is 78.1 Å². The van der Waals surface area contributed by atoms with Crippen molar-refractivity contribution in [2.24, 2.45) is 11.3 Å². The Kier molecular flexibility index (Phi) is 12.8. The van der Waals surface area contributed by atoms with Gasteiger partial charge in [0.05, 0.1) is 17.4 Å². The topological polar surface area (TPSA) is 75.9 Å². The molecule has 3 rings (SSSR count). The first-order valence-corrected chi connectivity index (χ1v) is 15.1. The van der Waals surface area contributed by atoms with E-state index >= 15 is 0 Å². The predicted octanol–water partition coefficient (Wildman–Crippen LogP) is 9.01. The summed E-state index contributed by atoms with van der Waals surface area (Å²) < 4.78 is 5.71. The van der Waals surface area contributed by atoms with Crippen LogP contribution in [0.3, 0.4) is 0 Å². The van der Waals surface area contributed by atoms with Gasteiger partial charge in [0.2, 0.25) is 0 Å². The third-order valence-electron chi connectivity index (χ3n) is 8.13. The molecule has 1 aliphatic rings. The van der Waals surface area contributed by atoms with Crippen molar-refractivity contribution in [3.8, 4) is 23.2 Å². The largest absolute Gasteiger partial charge is 0.426 e. The SMILES string of the molecule is CCCCCCCCCC1(C#N)CCC(C(=O)Oc2ccc(-c3ncc(CCCCCC)cn3)cc2)CC1. The molecule has 0 spiro atoms. The smallest absolute Gasteiger partial charge is 0.314 e. The number of aromatic nitrogens is 2. The van der Waals surface area contributed by atoms with Crippen LogP contribution in [0.4, 0.5) is 0 Å². The predicted molar refractivity (Wildman–Crippen MR) is 154 cm³/mol. The minimum atomic E-state index is -0.257.